The fraction of sp³-hybridized carbons (Fsp3) is 0.429. The number of carbonyl (C=O) groups excluding carboxylic acids is 1. The summed E-state index contributed by atoms with van der Waals surface area (Å²) in [7, 11) is 0. The lowest BCUT2D eigenvalue weighted by molar-refractivity contribution is -0.112. The molecule has 0 radical (unpaired) electrons. The van der Waals surface area contributed by atoms with E-state index in [-0.39, 0.29) is 6.54 Å². The predicted octanol–water partition coefficient (Wildman–Crippen LogP) is 7.51. The van der Waals surface area contributed by atoms with Gasteiger partial charge < -0.3 is 0 Å². The second-order valence-electron chi connectivity index (χ2n) is 8.73. The molecule has 0 heterocycles. The van der Waals surface area contributed by atoms with Crippen LogP contribution in [0.2, 0.25) is 0 Å². The van der Waals surface area contributed by atoms with Crippen molar-refractivity contribution in [3.05, 3.63) is 59.2 Å². The Morgan fingerprint density at radius 3 is 2.30 bits per heavy atom. The first-order valence-electron chi connectivity index (χ1n) is 11.7. The number of carbonyl (C=O) groups is 1. The van der Waals surface area contributed by atoms with Crippen LogP contribution in [0, 0.1) is 29.4 Å². The van der Waals surface area contributed by atoms with Gasteiger partial charge in [-0.3, -0.25) is 4.79 Å². The monoisotopic (exact) mass is 465 g/mol. The number of hydrogen-bond acceptors (Lipinski definition) is 3. The van der Waals surface area contributed by atoms with Crippen LogP contribution < -0.4 is 0 Å². The van der Waals surface area contributed by atoms with E-state index in [0.717, 1.165) is 11.5 Å². The van der Waals surface area contributed by atoms with Gasteiger partial charge in [-0.15, -0.1) is 0 Å². The molecule has 2 aromatic rings. The number of ketones is 1. The highest BCUT2D eigenvalue weighted by Crippen LogP contribution is 2.38. The predicted molar refractivity (Wildman–Crippen MR) is 132 cm³/mol. The minimum absolute atomic E-state index is 0.273. The Morgan fingerprint density at radius 1 is 1.03 bits per heavy atom. The van der Waals surface area contributed by atoms with Crippen molar-refractivity contribution in [3.8, 4) is 23.0 Å². The molecule has 33 heavy (non-hydrogen) atoms. The van der Waals surface area contributed by atoms with Crippen LogP contribution in [0.15, 0.2) is 41.4 Å². The van der Waals surface area contributed by atoms with E-state index >= 15 is 0 Å². The summed E-state index contributed by atoms with van der Waals surface area (Å²) in [6.07, 6.45) is 10.3. The van der Waals surface area contributed by atoms with E-state index in [0.29, 0.717) is 11.5 Å². The van der Waals surface area contributed by atoms with Gasteiger partial charge in [0.25, 0.3) is 0 Å². The van der Waals surface area contributed by atoms with Gasteiger partial charge in [0, 0.05) is 0 Å². The average Bonchev–Trinajstić information content (AvgIpc) is 2.83. The smallest absolute Gasteiger partial charge is 0.228 e. The summed E-state index contributed by atoms with van der Waals surface area (Å²) in [5.41, 5.74) is 2.06. The minimum Gasteiger partial charge on any atom is -0.283 e. The van der Waals surface area contributed by atoms with Crippen molar-refractivity contribution in [1.29, 1.82) is 0 Å². The molecule has 0 amide bonds. The summed E-state index contributed by atoms with van der Waals surface area (Å²) in [4.78, 5) is 15.0. The van der Waals surface area contributed by atoms with Crippen molar-refractivity contribution in [1.82, 2.24) is 0 Å². The maximum Gasteiger partial charge on any atom is 0.228 e. The first kappa shape index (κ1) is 25.0. The summed E-state index contributed by atoms with van der Waals surface area (Å²) >= 11 is 4.38. The number of nitrogens with zero attached hydrogens (tertiary/aromatic N) is 1. The number of unbranched alkanes of at least 4 members (excludes halogenated alkanes) is 2. The van der Waals surface area contributed by atoms with Crippen LogP contribution in [0.3, 0.4) is 0 Å². The second-order valence-corrected chi connectivity index (χ2v) is 8.91. The van der Waals surface area contributed by atoms with Gasteiger partial charge in [-0.05, 0) is 84.5 Å². The van der Waals surface area contributed by atoms with Crippen LogP contribution in [0.25, 0.3) is 11.1 Å². The minimum atomic E-state index is -0.797. The number of hydrogen-bond donors (Lipinski definition) is 0. The van der Waals surface area contributed by atoms with E-state index in [1.807, 2.05) is 12.1 Å². The molecule has 1 fully saturated rings. The summed E-state index contributed by atoms with van der Waals surface area (Å²) in [5.74, 6) is 3.70. The Hall–Kier alpha value is -2.67. The van der Waals surface area contributed by atoms with E-state index in [9.17, 15) is 13.6 Å². The molecule has 0 saturated heterocycles. The van der Waals surface area contributed by atoms with Gasteiger partial charge >= 0.3 is 0 Å². The molecule has 0 atom stereocenters. The molecule has 172 valence electrons. The topological polar surface area (TPSA) is 29.4 Å². The highest BCUT2D eigenvalue weighted by atomic mass is 32.1. The zero-order valence-electron chi connectivity index (χ0n) is 19.0. The molecule has 1 aliphatic rings. The molecule has 0 N–H and O–H groups in total. The molecule has 0 bridgehead atoms. The Labute approximate surface area is 200 Å². The standard InChI is InChI=1S/C28H29F2NOS/c1-2-3-4-5-20-6-8-21(9-7-20)22-10-12-23(13-11-22)24-16-27(29)26(28(30)17-24)15-14-25(32)18-31-19-33/h10-13,16-17,20-21H,2-9,18H2,1H3. The van der Waals surface area contributed by atoms with E-state index in [1.54, 1.807) is 0 Å². The van der Waals surface area contributed by atoms with Crippen molar-refractivity contribution in [2.24, 2.45) is 10.9 Å². The summed E-state index contributed by atoms with van der Waals surface area (Å²) in [6, 6.07) is 10.5. The zero-order valence-corrected chi connectivity index (χ0v) is 19.8. The van der Waals surface area contributed by atoms with Gasteiger partial charge in [-0.1, -0.05) is 62.8 Å². The fourth-order valence-corrected chi connectivity index (χ4v) is 4.61. The number of thiocarbonyl (C=S) groups is 1. The van der Waals surface area contributed by atoms with Crippen molar-refractivity contribution in [2.75, 3.05) is 6.54 Å². The van der Waals surface area contributed by atoms with Crippen LogP contribution >= 0.6 is 12.2 Å². The third-order valence-electron chi connectivity index (χ3n) is 6.43. The molecule has 0 aliphatic heterocycles. The molecular weight excluding hydrogens is 436 g/mol. The van der Waals surface area contributed by atoms with Gasteiger partial charge in [0.05, 0.1) is 10.7 Å². The molecule has 1 aliphatic carbocycles. The van der Waals surface area contributed by atoms with Crippen molar-refractivity contribution < 1.29 is 13.6 Å². The molecule has 2 nitrogen and oxygen atoms in total. The van der Waals surface area contributed by atoms with Crippen LogP contribution in [0.4, 0.5) is 8.78 Å². The molecule has 0 aromatic heterocycles. The van der Waals surface area contributed by atoms with Crippen LogP contribution in [0.5, 0.6) is 0 Å². The van der Waals surface area contributed by atoms with Crippen LogP contribution in [0.1, 0.15) is 75.3 Å². The molecule has 0 unspecified atom stereocenters. The lowest BCUT2D eigenvalue weighted by Gasteiger charge is -2.29. The van der Waals surface area contributed by atoms with Crippen molar-refractivity contribution in [2.45, 2.75) is 64.2 Å². The average molecular weight is 466 g/mol. The lowest BCUT2D eigenvalue weighted by Crippen LogP contribution is -2.13. The molecule has 0 spiro atoms. The maximum absolute atomic E-state index is 14.5. The second kappa shape index (κ2) is 12.5. The first-order valence-corrected chi connectivity index (χ1v) is 12.1. The molecular formula is C28H29F2NOS. The van der Waals surface area contributed by atoms with Crippen LogP contribution in [-0.2, 0) is 4.79 Å². The largest absolute Gasteiger partial charge is 0.283 e. The van der Waals surface area contributed by atoms with E-state index in [2.05, 4.69) is 53.3 Å². The van der Waals surface area contributed by atoms with Crippen molar-refractivity contribution >= 4 is 23.2 Å². The third kappa shape index (κ3) is 7.16. The Bertz CT molecular complexity index is 1050. The Morgan fingerprint density at radius 2 is 1.70 bits per heavy atom. The molecule has 1 saturated carbocycles. The number of rotatable bonds is 8. The normalized spacial score (nSPS) is 17.5. The SMILES string of the molecule is CCCCCC1CCC(c2ccc(-c3cc(F)c(C#CC(=O)CN=C=S)c(F)c3)cc2)CC1. The van der Waals surface area contributed by atoms with E-state index in [1.165, 1.54) is 69.1 Å². The van der Waals surface area contributed by atoms with Crippen molar-refractivity contribution in [3.63, 3.8) is 0 Å². The molecule has 3 rings (SSSR count). The van der Waals surface area contributed by atoms with Gasteiger partial charge in [-0.2, -0.15) is 0 Å². The number of aliphatic imine (C=N–C) groups is 1. The zero-order chi connectivity index (χ0) is 23.6. The fourth-order valence-electron chi connectivity index (χ4n) is 4.55. The highest BCUT2D eigenvalue weighted by Gasteiger charge is 2.22. The van der Waals surface area contributed by atoms with Crippen LogP contribution in [-0.4, -0.2) is 17.5 Å². The van der Waals surface area contributed by atoms with Gasteiger partial charge in [-0.25, -0.2) is 13.8 Å². The Balaban J connectivity index is 1.66. The highest BCUT2D eigenvalue weighted by molar-refractivity contribution is 7.78. The first-order chi connectivity index (χ1) is 16.0. The van der Waals surface area contributed by atoms with Gasteiger partial charge in [0.15, 0.2) is 0 Å². The number of isothiocyanates is 1. The summed E-state index contributed by atoms with van der Waals surface area (Å²) in [6.45, 7) is 1.97. The quantitative estimate of drug-likeness (QED) is 0.175. The molecule has 2 aromatic carbocycles. The summed E-state index contributed by atoms with van der Waals surface area (Å²) < 4.78 is 29.0. The lowest BCUT2D eigenvalue weighted by atomic mass is 9.77. The van der Waals surface area contributed by atoms with E-state index < -0.39 is 23.0 Å². The molecule has 5 heteroatoms. The number of Topliss-reactive ketones (excluding diaryl/α,β-unsaturated/α-hetero) is 1. The third-order valence-corrected chi connectivity index (χ3v) is 6.56. The number of halogens is 2. The van der Waals surface area contributed by atoms with E-state index in [4.69, 9.17) is 0 Å². The summed E-state index contributed by atoms with van der Waals surface area (Å²) in [5, 5.41) is 2.05. The van der Waals surface area contributed by atoms with Gasteiger partial charge in [0.1, 0.15) is 18.2 Å². The maximum atomic E-state index is 14.5. The Kier molecular flexibility index (Phi) is 9.48. The van der Waals surface area contributed by atoms with Gasteiger partial charge in [0.2, 0.25) is 5.78 Å². The number of benzene rings is 2.